The van der Waals surface area contributed by atoms with E-state index in [2.05, 4.69) is 21.1 Å². The van der Waals surface area contributed by atoms with Gasteiger partial charge in [0.05, 0.1) is 11.7 Å². The Balaban J connectivity index is 1.55. The van der Waals surface area contributed by atoms with Gasteiger partial charge in [-0.15, -0.1) is 6.42 Å². The molecule has 2 fully saturated rings. The maximum Gasteiger partial charge on any atom is 0.271 e. The van der Waals surface area contributed by atoms with Crippen LogP contribution in [-0.2, 0) is 0 Å². The molecule has 2 bridgehead atoms. The minimum absolute atomic E-state index is 0.105. The lowest BCUT2D eigenvalue weighted by Gasteiger charge is -2.22. The molecule has 2 aromatic rings. The van der Waals surface area contributed by atoms with Crippen LogP contribution in [0.3, 0.4) is 0 Å². The Bertz CT molecular complexity index is 757. The summed E-state index contributed by atoms with van der Waals surface area (Å²) < 4.78 is 1.85. The quantitative estimate of drug-likeness (QED) is 0.826. The average molecular weight is 280 g/mol. The van der Waals surface area contributed by atoms with E-state index >= 15 is 0 Å². The van der Waals surface area contributed by atoms with E-state index in [9.17, 15) is 4.79 Å². The number of hydrogen-bond donors (Lipinski definition) is 1. The van der Waals surface area contributed by atoms with Crippen LogP contribution in [0.1, 0.15) is 22.5 Å². The highest BCUT2D eigenvalue weighted by Crippen LogP contribution is 2.27. The van der Waals surface area contributed by atoms with Crippen LogP contribution in [0.15, 0.2) is 24.7 Å². The van der Waals surface area contributed by atoms with Crippen molar-refractivity contribution in [2.75, 3.05) is 19.6 Å². The van der Waals surface area contributed by atoms with Gasteiger partial charge in [0.1, 0.15) is 5.69 Å². The van der Waals surface area contributed by atoms with Gasteiger partial charge in [0.15, 0.2) is 0 Å². The van der Waals surface area contributed by atoms with Gasteiger partial charge in [-0.3, -0.25) is 4.79 Å². The first-order chi connectivity index (χ1) is 10.2. The van der Waals surface area contributed by atoms with Gasteiger partial charge in [-0.1, -0.05) is 5.92 Å². The van der Waals surface area contributed by atoms with Gasteiger partial charge in [-0.2, -0.15) is 0 Å². The van der Waals surface area contributed by atoms with Crippen molar-refractivity contribution in [3.05, 3.63) is 35.9 Å². The summed E-state index contributed by atoms with van der Waals surface area (Å²) in [7, 11) is 0. The monoisotopic (exact) mass is 280 g/mol. The summed E-state index contributed by atoms with van der Waals surface area (Å²) in [6.07, 6.45) is 11.8. The maximum absolute atomic E-state index is 12.4. The zero-order valence-corrected chi connectivity index (χ0v) is 11.6. The lowest BCUT2D eigenvalue weighted by Crippen LogP contribution is -2.43. The summed E-state index contributed by atoms with van der Waals surface area (Å²) in [5.74, 6) is 3.08. The molecule has 5 heteroatoms. The van der Waals surface area contributed by atoms with E-state index in [1.54, 1.807) is 12.4 Å². The fourth-order valence-electron chi connectivity index (χ4n) is 3.40. The molecule has 2 aliphatic heterocycles. The van der Waals surface area contributed by atoms with Crippen molar-refractivity contribution in [3.63, 3.8) is 0 Å². The Labute approximate surface area is 123 Å². The molecule has 2 aliphatic rings. The van der Waals surface area contributed by atoms with Crippen molar-refractivity contribution in [2.24, 2.45) is 5.92 Å². The predicted octanol–water partition coefficient (Wildman–Crippen LogP) is 0.749. The van der Waals surface area contributed by atoms with Crippen molar-refractivity contribution < 1.29 is 4.79 Å². The largest absolute Gasteiger partial charge is 0.346 e. The van der Waals surface area contributed by atoms with Crippen LogP contribution in [0.5, 0.6) is 0 Å². The Morgan fingerprint density at radius 3 is 3.05 bits per heavy atom. The smallest absolute Gasteiger partial charge is 0.271 e. The van der Waals surface area contributed by atoms with Gasteiger partial charge in [0.25, 0.3) is 5.91 Å². The summed E-state index contributed by atoms with van der Waals surface area (Å²) >= 11 is 0. The molecule has 2 saturated heterocycles. The van der Waals surface area contributed by atoms with Crippen LogP contribution in [0, 0.1) is 18.3 Å². The molecule has 3 atom stereocenters. The Morgan fingerprint density at radius 1 is 1.43 bits per heavy atom. The summed E-state index contributed by atoms with van der Waals surface area (Å²) in [6.45, 7) is 3.24. The molecule has 4 rings (SSSR count). The lowest BCUT2D eigenvalue weighted by molar-refractivity contribution is 0.0919. The SMILES string of the molecule is C#Cc1cc2cnc(C(=O)NC3CN4CC[C@H]3C4)cn2c1. The summed E-state index contributed by atoms with van der Waals surface area (Å²) in [4.78, 5) is 19.0. The van der Waals surface area contributed by atoms with Crippen LogP contribution in [0.25, 0.3) is 5.52 Å². The van der Waals surface area contributed by atoms with Crippen LogP contribution >= 0.6 is 0 Å². The Kier molecular flexibility index (Phi) is 2.72. The maximum atomic E-state index is 12.4. The van der Waals surface area contributed by atoms with E-state index in [0.717, 1.165) is 24.2 Å². The zero-order valence-electron chi connectivity index (χ0n) is 11.6. The highest BCUT2D eigenvalue weighted by Gasteiger charge is 2.38. The second-order valence-electron chi connectivity index (χ2n) is 5.87. The van der Waals surface area contributed by atoms with Gasteiger partial charge in [0.2, 0.25) is 0 Å². The molecule has 4 heterocycles. The molecule has 0 radical (unpaired) electrons. The number of carbonyl (C=O) groups is 1. The van der Waals surface area contributed by atoms with E-state index in [-0.39, 0.29) is 11.9 Å². The van der Waals surface area contributed by atoms with Crippen LogP contribution in [0.2, 0.25) is 0 Å². The van der Waals surface area contributed by atoms with E-state index in [0.29, 0.717) is 11.6 Å². The second kappa shape index (κ2) is 4.61. The molecule has 21 heavy (non-hydrogen) atoms. The molecule has 0 aromatic carbocycles. The third-order valence-electron chi connectivity index (χ3n) is 4.53. The Hall–Kier alpha value is -2.32. The number of terminal acetylenes is 1. The highest BCUT2D eigenvalue weighted by atomic mass is 16.2. The number of nitrogens with one attached hydrogen (secondary N) is 1. The molecule has 1 N–H and O–H groups in total. The molecule has 2 aromatic heterocycles. The van der Waals surface area contributed by atoms with Crippen molar-refractivity contribution in [2.45, 2.75) is 12.5 Å². The molecule has 2 unspecified atom stereocenters. The lowest BCUT2D eigenvalue weighted by atomic mass is 10.00. The number of rotatable bonds is 2. The fourth-order valence-corrected chi connectivity index (χ4v) is 3.40. The average Bonchev–Trinajstić information content (AvgIpc) is 3.20. The summed E-state index contributed by atoms with van der Waals surface area (Å²) in [5.41, 5.74) is 2.11. The first-order valence-electron chi connectivity index (χ1n) is 7.20. The van der Waals surface area contributed by atoms with Crippen molar-refractivity contribution in [3.8, 4) is 12.3 Å². The number of piperidine rings is 1. The molecule has 0 saturated carbocycles. The molecule has 5 nitrogen and oxygen atoms in total. The Morgan fingerprint density at radius 2 is 2.33 bits per heavy atom. The van der Waals surface area contributed by atoms with Gasteiger partial charge < -0.3 is 14.6 Å². The van der Waals surface area contributed by atoms with Crippen molar-refractivity contribution >= 4 is 11.4 Å². The zero-order chi connectivity index (χ0) is 14.4. The number of aromatic nitrogens is 2. The summed E-state index contributed by atoms with van der Waals surface area (Å²) in [5, 5.41) is 3.12. The van der Waals surface area contributed by atoms with E-state index < -0.39 is 0 Å². The summed E-state index contributed by atoms with van der Waals surface area (Å²) in [6, 6.07) is 2.13. The van der Waals surface area contributed by atoms with Crippen molar-refractivity contribution in [1.29, 1.82) is 0 Å². The standard InChI is InChI=1S/C16H16N4O/c1-2-11-5-13-6-17-15(10-20(13)7-11)16(21)18-14-9-19-4-3-12(14)8-19/h1,5-7,10,12,14H,3-4,8-9H2,(H,18,21)/t12-,14?/m0/s1. The minimum Gasteiger partial charge on any atom is -0.346 e. The molecular weight excluding hydrogens is 264 g/mol. The molecule has 1 amide bonds. The minimum atomic E-state index is -0.105. The molecule has 106 valence electrons. The van der Waals surface area contributed by atoms with Gasteiger partial charge >= 0.3 is 0 Å². The third kappa shape index (κ3) is 2.08. The topological polar surface area (TPSA) is 49.6 Å². The van der Waals surface area contributed by atoms with E-state index in [1.165, 1.54) is 13.0 Å². The first-order valence-corrected chi connectivity index (χ1v) is 7.20. The second-order valence-corrected chi connectivity index (χ2v) is 5.87. The van der Waals surface area contributed by atoms with Gasteiger partial charge in [-0.25, -0.2) is 4.98 Å². The number of fused-ring (bicyclic) bond motifs is 3. The number of amides is 1. The predicted molar refractivity (Wildman–Crippen MR) is 78.9 cm³/mol. The fraction of sp³-hybridized carbons (Fsp3) is 0.375. The molecular formula is C16H16N4O. The number of hydrogen-bond acceptors (Lipinski definition) is 3. The van der Waals surface area contributed by atoms with Crippen LogP contribution in [0.4, 0.5) is 0 Å². The molecule has 0 aliphatic carbocycles. The van der Waals surface area contributed by atoms with Crippen LogP contribution in [-0.4, -0.2) is 45.9 Å². The third-order valence-corrected chi connectivity index (χ3v) is 4.53. The van der Waals surface area contributed by atoms with E-state index in [4.69, 9.17) is 6.42 Å². The van der Waals surface area contributed by atoms with E-state index in [1.807, 2.05) is 16.7 Å². The first kappa shape index (κ1) is 12.4. The normalized spacial score (nSPS) is 26.9. The number of carbonyl (C=O) groups excluding carboxylic acids is 1. The van der Waals surface area contributed by atoms with Crippen LogP contribution < -0.4 is 5.32 Å². The number of nitrogens with zero attached hydrogens (tertiary/aromatic N) is 3. The van der Waals surface area contributed by atoms with Gasteiger partial charge in [0, 0.05) is 37.1 Å². The molecule has 0 spiro atoms. The van der Waals surface area contributed by atoms with Crippen molar-refractivity contribution in [1.82, 2.24) is 19.6 Å². The van der Waals surface area contributed by atoms with Gasteiger partial charge in [-0.05, 0) is 24.9 Å². The highest BCUT2D eigenvalue weighted by molar-refractivity contribution is 5.92.